The lowest BCUT2D eigenvalue weighted by molar-refractivity contribution is -0.124. The Kier molecular flexibility index (Phi) is 7.37. The van der Waals surface area contributed by atoms with Gasteiger partial charge in [0.15, 0.2) is 0 Å². The lowest BCUT2D eigenvalue weighted by Gasteiger charge is -2.40. The zero-order chi connectivity index (χ0) is 21.5. The van der Waals surface area contributed by atoms with Gasteiger partial charge in [-0.3, -0.25) is 19.4 Å². The van der Waals surface area contributed by atoms with Gasteiger partial charge in [0.25, 0.3) is 12.4 Å². The number of likely N-dealkylation sites (tertiary alicyclic amines) is 1. The molecule has 2 saturated heterocycles. The number of anilines is 1. The number of carbonyl (C=O) groups is 3. The maximum atomic E-state index is 13.1. The topological polar surface area (TPSA) is 109 Å². The number of amides is 2. The standard InChI is InChI=1S/C20H20ClN3O3.CH2O2/c21-15-4-1-3-13(9-15)20(26)24-12-14(10-18-17(24)6-8-27-18)19(25)23-16-5-2-7-22-11-16;2-1-3/h1-5,7,9,11,14,17-18H,6,8,10,12H2,(H,23,25);1H,(H,2,3)/t14-,17+,18+;/m0./s1. The van der Waals surface area contributed by atoms with Gasteiger partial charge in [-0.15, -0.1) is 0 Å². The van der Waals surface area contributed by atoms with Gasteiger partial charge in [-0.25, -0.2) is 0 Å². The van der Waals surface area contributed by atoms with E-state index in [-0.39, 0.29) is 36.4 Å². The highest BCUT2D eigenvalue weighted by molar-refractivity contribution is 6.30. The van der Waals surface area contributed by atoms with Crippen LogP contribution >= 0.6 is 11.6 Å². The molecule has 2 aliphatic heterocycles. The van der Waals surface area contributed by atoms with Crippen LogP contribution < -0.4 is 5.32 Å². The number of hydrogen-bond acceptors (Lipinski definition) is 5. The number of piperidine rings is 1. The molecule has 4 rings (SSSR count). The van der Waals surface area contributed by atoms with E-state index in [4.69, 9.17) is 26.2 Å². The maximum absolute atomic E-state index is 13.1. The van der Waals surface area contributed by atoms with E-state index in [9.17, 15) is 9.59 Å². The average molecular weight is 432 g/mol. The molecule has 30 heavy (non-hydrogen) atoms. The quantitative estimate of drug-likeness (QED) is 0.723. The molecule has 0 radical (unpaired) electrons. The van der Waals surface area contributed by atoms with Crippen LogP contribution in [0.4, 0.5) is 5.69 Å². The highest BCUT2D eigenvalue weighted by atomic mass is 35.5. The Bertz CT molecular complexity index is 895. The number of nitrogens with zero attached hydrogens (tertiary/aromatic N) is 2. The summed E-state index contributed by atoms with van der Waals surface area (Å²) in [7, 11) is 0. The number of nitrogens with one attached hydrogen (secondary N) is 1. The summed E-state index contributed by atoms with van der Waals surface area (Å²) in [4.78, 5) is 40.0. The Morgan fingerprint density at radius 3 is 2.80 bits per heavy atom. The van der Waals surface area contributed by atoms with E-state index in [2.05, 4.69) is 10.3 Å². The molecule has 0 bridgehead atoms. The van der Waals surface area contributed by atoms with E-state index in [0.717, 1.165) is 6.42 Å². The van der Waals surface area contributed by atoms with Crippen LogP contribution in [0.25, 0.3) is 0 Å². The molecule has 0 unspecified atom stereocenters. The van der Waals surface area contributed by atoms with Crippen molar-refractivity contribution < 1.29 is 24.2 Å². The lowest BCUT2D eigenvalue weighted by atomic mass is 9.88. The maximum Gasteiger partial charge on any atom is 0.290 e. The number of pyridine rings is 1. The molecule has 158 valence electrons. The second kappa shape index (κ2) is 10.2. The van der Waals surface area contributed by atoms with Crippen molar-refractivity contribution in [2.75, 3.05) is 18.5 Å². The molecule has 3 heterocycles. The normalized spacial score (nSPS) is 22.3. The number of benzene rings is 1. The number of hydrogen-bond donors (Lipinski definition) is 2. The second-order valence-corrected chi connectivity index (χ2v) is 7.44. The summed E-state index contributed by atoms with van der Waals surface area (Å²) in [5, 5.41) is 10.3. The van der Waals surface area contributed by atoms with Crippen LogP contribution in [0.15, 0.2) is 48.8 Å². The van der Waals surface area contributed by atoms with Gasteiger partial charge in [0.1, 0.15) is 0 Å². The van der Waals surface area contributed by atoms with Crippen LogP contribution in [0, 0.1) is 5.92 Å². The summed E-state index contributed by atoms with van der Waals surface area (Å²) in [5.41, 5.74) is 1.17. The van der Waals surface area contributed by atoms with E-state index in [0.29, 0.717) is 35.8 Å². The molecule has 0 aliphatic carbocycles. The summed E-state index contributed by atoms with van der Waals surface area (Å²) < 4.78 is 5.82. The summed E-state index contributed by atoms with van der Waals surface area (Å²) in [6.45, 7) is 0.716. The Morgan fingerprint density at radius 1 is 1.30 bits per heavy atom. The largest absolute Gasteiger partial charge is 0.483 e. The van der Waals surface area contributed by atoms with Gasteiger partial charge < -0.3 is 20.1 Å². The van der Waals surface area contributed by atoms with Gasteiger partial charge in [0.2, 0.25) is 5.91 Å². The number of rotatable bonds is 3. The molecule has 2 aromatic rings. The molecule has 8 nitrogen and oxygen atoms in total. The smallest absolute Gasteiger partial charge is 0.290 e. The fourth-order valence-electron chi connectivity index (χ4n) is 3.84. The zero-order valence-electron chi connectivity index (χ0n) is 16.1. The van der Waals surface area contributed by atoms with Crippen molar-refractivity contribution in [2.24, 2.45) is 5.92 Å². The Morgan fingerprint density at radius 2 is 2.10 bits per heavy atom. The van der Waals surface area contributed by atoms with Crippen LogP contribution in [-0.4, -0.2) is 58.6 Å². The molecule has 1 aromatic heterocycles. The Balaban J connectivity index is 0.000000806. The fraction of sp³-hybridized carbons (Fsp3) is 0.333. The molecule has 9 heteroatoms. The number of ether oxygens (including phenoxy) is 1. The highest BCUT2D eigenvalue weighted by Crippen LogP contribution is 2.33. The molecule has 0 spiro atoms. The van der Waals surface area contributed by atoms with Crippen molar-refractivity contribution in [3.05, 3.63) is 59.4 Å². The van der Waals surface area contributed by atoms with Crippen molar-refractivity contribution in [2.45, 2.75) is 25.0 Å². The van der Waals surface area contributed by atoms with Gasteiger partial charge in [-0.2, -0.15) is 0 Å². The zero-order valence-corrected chi connectivity index (χ0v) is 16.9. The predicted octanol–water partition coefficient (Wildman–Crippen LogP) is 2.69. The van der Waals surface area contributed by atoms with Crippen molar-refractivity contribution in [3.63, 3.8) is 0 Å². The third-order valence-corrected chi connectivity index (χ3v) is 5.38. The molecule has 2 N–H and O–H groups in total. The van der Waals surface area contributed by atoms with E-state index in [1.165, 1.54) is 0 Å². The molecule has 2 fully saturated rings. The Hall–Kier alpha value is -2.97. The molecular formula is C21H22ClN3O5. The molecule has 0 saturated carbocycles. The van der Waals surface area contributed by atoms with Crippen molar-refractivity contribution in [1.29, 1.82) is 0 Å². The molecular weight excluding hydrogens is 410 g/mol. The third-order valence-electron chi connectivity index (χ3n) is 5.14. The highest BCUT2D eigenvalue weighted by Gasteiger charge is 2.44. The van der Waals surface area contributed by atoms with Gasteiger partial charge in [0, 0.05) is 29.9 Å². The van der Waals surface area contributed by atoms with E-state index < -0.39 is 0 Å². The first-order valence-corrected chi connectivity index (χ1v) is 9.88. The van der Waals surface area contributed by atoms with Crippen LogP contribution in [0.5, 0.6) is 0 Å². The molecule has 2 amide bonds. The van der Waals surface area contributed by atoms with Crippen LogP contribution in [0.1, 0.15) is 23.2 Å². The SMILES string of the molecule is O=C(Nc1cccnc1)[C@H]1C[C@H]2OCC[C@H]2N(C(=O)c2cccc(Cl)c2)C1.O=CO. The van der Waals surface area contributed by atoms with E-state index in [1.807, 2.05) is 0 Å². The number of carboxylic acid groups (broad SMARTS) is 1. The predicted molar refractivity (Wildman–Crippen MR) is 110 cm³/mol. The molecule has 3 atom stereocenters. The fourth-order valence-corrected chi connectivity index (χ4v) is 4.03. The van der Waals surface area contributed by atoms with Crippen molar-refractivity contribution in [1.82, 2.24) is 9.88 Å². The summed E-state index contributed by atoms with van der Waals surface area (Å²) in [6, 6.07) is 10.5. The van der Waals surface area contributed by atoms with Crippen LogP contribution in [0.3, 0.4) is 0 Å². The van der Waals surface area contributed by atoms with Gasteiger partial charge in [0.05, 0.1) is 29.9 Å². The summed E-state index contributed by atoms with van der Waals surface area (Å²) in [5.74, 6) is -0.578. The van der Waals surface area contributed by atoms with Gasteiger partial charge in [-0.1, -0.05) is 17.7 Å². The van der Waals surface area contributed by atoms with Crippen molar-refractivity contribution in [3.8, 4) is 0 Å². The lowest BCUT2D eigenvalue weighted by Crippen LogP contribution is -2.54. The van der Waals surface area contributed by atoms with Gasteiger partial charge >= 0.3 is 0 Å². The summed E-state index contributed by atoms with van der Waals surface area (Å²) >= 11 is 6.04. The minimum atomic E-state index is -0.340. The minimum absolute atomic E-state index is 0.000997. The number of carbonyl (C=O) groups excluding carboxylic acids is 2. The number of halogens is 1. The monoisotopic (exact) mass is 431 g/mol. The Labute approximate surface area is 178 Å². The average Bonchev–Trinajstić information content (AvgIpc) is 3.22. The number of fused-ring (bicyclic) bond motifs is 1. The minimum Gasteiger partial charge on any atom is -0.483 e. The second-order valence-electron chi connectivity index (χ2n) is 7.00. The van der Waals surface area contributed by atoms with E-state index in [1.54, 1.807) is 53.7 Å². The van der Waals surface area contributed by atoms with Gasteiger partial charge in [-0.05, 0) is 43.2 Å². The molecule has 1 aromatic carbocycles. The third kappa shape index (κ3) is 5.14. The first-order chi connectivity index (χ1) is 14.5. The first-order valence-electron chi connectivity index (χ1n) is 9.50. The van der Waals surface area contributed by atoms with Crippen molar-refractivity contribution >= 4 is 35.6 Å². The van der Waals surface area contributed by atoms with E-state index >= 15 is 0 Å². The van der Waals surface area contributed by atoms with Crippen LogP contribution in [-0.2, 0) is 14.3 Å². The van der Waals surface area contributed by atoms with Crippen LogP contribution in [0.2, 0.25) is 5.02 Å². The number of aromatic nitrogens is 1. The first kappa shape index (κ1) is 21.7. The molecule has 2 aliphatic rings. The summed E-state index contributed by atoms with van der Waals surface area (Å²) in [6.07, 6.45) is 4.53.